The Morgan fingerprint density at radius 2 is 1.21 bits per heavy atom. The van der Waals surface area contributed by atoms with E-state index in [9.17, 15) is 0 Å². The van der Waals surface area contributed by atoms with E-state index >= 15 is 0 Å². The number of nitrogens with zero attached hydrogens (tertiary/aromatic N) is 6. The quantitative estimate of drug-likeness (QED) is 0.618. The third kappa shape index (κ3) is 8.52. The Hall–Kier alpha value is -3.38. The molecule has 0 amide bonds. The van der Waals surface area contributed by atoms with Crippen LogP contribution in [-0.2, 0) is 22.4 Å². The maximum atomic E-state index is 9.10. The van der Waals surface area contributed by atoms with Gasteiger partial charge in [0.15, 0.2) is 11.6 Å². The Morgan fingerprint density at radius 1 is 0.824 bits per heavy atom. The fourth-order valence-corrected chi connectivity index (χ4v) is 3.15. The highest BCUT2D eigenvalue weighted by molar-refractivity contribution is 6.27. The van der Waals surface area contributed by atoms with Crippen LogP contribution in [0.1, 0.15) is 50.1 Å². The molecule has 2 aliphatic rings. The number of carboxylic acid groups (broad SMARTS) is 2. The van der Waals surface area contributed by atoms with Gasteiger partial charge in [0.2, 0.25) is 0 Å². The van der Waals surface area contributed by atoms with Crippen molar-refractivity contribution in [2.75, 3.05) is 40.3 Å². The number of hydrogen-bond acceptors (Lipinski definition) is 10. The van der Waals surface area contributed by atoms with Crippen molar-refractivity contribution in [1.82, 2.24) is 30.1 Å². The van der Waals surface area contributed by atoms with Crippen molar-refractivity contribution in [3.63, 3.8) is 0 Å². The minimum Gasteiger partial charge on any atom is -0.473 e. The standard InChI is InChI=1S/2C10H15N3O.C2H2O4/c2*1-3-9-11-10(14-12-9)8-5-4-6-13(2)7-8;3-1(4)2(5)6/h2*5H,3-4,6-7H2,1-2H3;(H,3,4)(H,5,6). The molecular formula is C22H32N6O6. The van der Waals surface area contributed by atoms with Gasteiger partial charge in [-0.25, -0.2) is 9.59 Å². The van der Waals surface area contributed by atoms with E-state index in [-0.39, 0.29) is 0 Å². The third-order valence-electron chi connectivity index (χ3n) is 4.98. The summed E-state index contributed by atoms with van der Waals surface area (Å²) in [6.07, 6.45) is 8.16. The summed E-state index contributed by atoms with van der Waals surface area (Å²) in [5, 5.41) is 22.6. The smallest absolute Gasteiger partial charge is 0.414 e. The Balaban J connectivity index is 0.000000196. The molecular weight excluding hydrogens is 444 g/mol. The van der Waals surface area contributed by atoms with Crippen molar-refractivity contribution in [3.05, 3.63) is 35.6 Å². The fraction of sp³-hybridized carbons (Fsp3) is 0.545. The molecule has 0 atom stereocenters. The maximum Gasteiger partial charge on any atom is 0.414 e. The maximum absolute atomic E-state index is 9.10. The van der Waals surface area contributed by atoms with Crippen molar-refractivity contribution in [2.24, 2.45) is 0 Å². The summed E-state index contributed by atoms with van der Waals surface area (Å²) in [6, 6.07) is 0. The Kier molecular flexibility index (Phi) is 10.6. The van der Waals surface area contributed by atoms with Crippen molar-refractivity contribution in [1.29, 1.82) is 0 Å². The van der Waals surface area contributed by atoms with Crippen molar-refractivity contribution in [3.8, 4) is 0 Å². The van der Waals surface area contributed by atoms with Crippen LogP contribution < -0.4 is 0 Å². The number of aromatic nitrogens is 4. The predicted octanol–water partition coefficient (Wildman–Crippen LogP) is 1.86. The average Bonchev–Trinajstić information content (AvgIpc) is 3.50. The lowest BCUT2D eigenvalue weighted by atomic mass is 10.1. The first-order chi connectivity index (χ1) is 16.2. The number of aliphatic carboxylic acids is 2. The van der Waals surface area contributed by atoms with Crippen LogP contribution in [0.5, 0.6) is 0 Å². The second-order valence-electron chi connectivity index (χ2n) is 7.86. The molecule has 0 saturated carbocycles. The van der Waals surface area contributed by atoms with Crippen LogP contribution in [0.25, 0.3) is 11.1 Å². The van der Waals surface area contributed by atoms with Crippen LogP contribution in [0, 0.1) is 0 Å². The van der Waals surface area contributed by atoms with Gasteiger partial charge in [-0.15, -0.1) is 0 Å². The molecule has 186 valence electrons. The molecule has 4 heterocycles. The number of hydrogen-bond donors (Lipinski definition) is 2. The van der Waals surface area contributed by atoms with Crippen molar-refractivity contribution < 1.29 is 28.8 Å². The minimum atomic E-state index is -1.82. The molecule has 2 aromatic heterocycles. The van der Waals surface area contributed by atoms with Gasteiger partial charge in [0, 0.05) is 50.2 Å². The largest absolute Gasteiger partial charge is 0.473 e. The van der Waals surface area contributed by atoms with E-state index in [1.807, 2.05) is 13.8 Å². The lowest BCUT2D eigenvalue weighted by Crippen LogP contribution is -2.25. The molecule has 2 N–H and O–H groups in total. The van der Waals surface area contributed by atoms with Gasteiger partial charge in [0.05, 0.1) is 0 Å². The van der Waals surface area contributed by atoms with Crippen LogP contribution in [0.15, 0.2) is 21.2 Å². The number of aryl methyl sites for hydroxylation is 2. The highest BCUT2D eigenvalue weighted by atomic mass is 16.5. The number of carboxylic acids is 2. The van der Waals surface area contributed by atoms with Crippen LogP contribution >= 0.6 is 0 Å². The Labute approximate surface area is 197 Å². The molecule has 0 saturated heterocycles. The Morgan fingerprint density at radius 3 is 1.47 bits per heavy atom. The molecule has 0 aromatic carbocycles. The molecule has 4 rings (SSSR count). The van der Waals surface area contributed by atoms with Gasteiger partial charge in [-0.1, -0.05) is 36.3 Å². The monoisotopic (exact) mass is 476 g/mol. The molecule has 12 heteroatoms. The molecule has 2 aromatic rings. The van der Waals surface area contributed by atoms with E-state index < -0.39 is 11.9 Å². The highest BCUT2D eigenvalue weighted by Gasteiger charge is 2.16. The molecule has 0 aliphatic carbocycles. The van der Waals surface area contributed by atoms with Crippen LogP contribution in [0.4, 0.5) is 0 Å². The molecule has 2 aliphatic heterocycles. The molecule has 0 bridgehead atoms. The highest BCUT2D eigenvalue weighted by Crippen LogP contribution is 2.19. The van der Waals surface area contributed by atoms with Gasteiger partial charge < -0.3 is 29.1 Å². The molecule has 0 fully saturated rings. The normalized spacial score (nSPS) is 16.4. The lowest BCUT2D eigenvalue weighted by molar-refractivity contribution is -0.159. The van der Waals surface area contributed by atoms with Gasteiger partial charge in [-0.05, 0) is 26.9 Å². The van der Waals surface area contributed by atoms with E-state index in [2.05, 4.69) is 56.3 Å². The first-order valence-electron chi connectivity index (χ1n) is 11.1. The summed E-state index contributed by atoms with van der Waals surface area (Å²) in [5.41, 5.74) is 2.32. The van der Waals surface area contributed by atoms with Gasteiger partial charge in [0.1, 0.15) is 0 Å². The zero-order valence-corrected chi connectivity index (χ0v) is 20.0. The van der Waals surface area contributed by atoms with Crippen molar-refractivity contribution >= 4 is 23.1 Å². The molecule has 34 heavy (non-hydrogen) atoms. The zero-order chi connectivity index (χ0) is 25.1. The number of rotatable bonds is 4. The summed E-state index contributed by atoms with van der Waals surface area (Å²) in [4.78, 5) is 31.3. The third-order valence-corrected chi connectivity index (χ3v) is 4.98. The summed E-state index contributed by atoms with van der Waals surface area (Å²) in [6.45, 7) is 8.08. The predicted molar refractivity (Wildman–Crippen MR) is 123 cm³/mol. The first-order valence-corrected chi connectivity index (χ1v) is 11.1. The second kappa shape index (κ2) is 13.4. The van der Waals surface area contributed by atoms with Crippen LogP contribution in [0.3, 0.4) is 0 Å². The van der Waals surface area contributed by atoms with E-state index in [4.69, 9.17) is 28.8 Å². The van der Waals surface area contributed by atoms with E-state index in [0.29, 0.717) is 11.8 Å². The summed E-state index contributed by atoms with van der Waals surface area (Å²) in [5.74, 6) is -0.699. The van der Waals surface area contributed by atoms with Gasteiger partial charge in [-0.2, -0.15) is 9.97 Å². The first kappa shape index (κ1) is 26.9. The van der Waals surface area contributed by atoms with Crippen LogP contribution in [-0.4, -0.2) is 92.5 Å². The fourth-order valence-electron chi connectivity index (χ4n) is 3.15. The molecule has 0 unspecified atom stereocenters. The van der Waals surface area contributed by atoms with Gasteiger partial charge in [-0.3, -0.25) is 0 Å². The molecule has 12 nitrogen and oxygen atoms in total. The molecule has 0 radical (unpaired) electrons. The summed E-state index contributed by atoms with van der Waals surface area (Å²) in [7, 11) is 4.20. The minimum absolute atomic E-state index is 0.688. The Bertz CT molecular complexity index is 931. The zero-order valence-electron chi connectivity index (χ0n) is 20.0. The van der Waals surface area contributed by atoms with Crippen molar-refractivity contribution in [2.45, 2.75) is 39.5 Å². The number of carbonyl (C=O) groups is 2. The van der Waals surface area contributed by atoms with Gasteiger partial charge in [0.25, 0.3) is 11.8 Å². The SMILES string of the molecule is CCc1noc(C2=CCCN(C)C2)n1.CCc1noc(C2=CCCN(C)C2)n1.O=C(O)C(=O)O. The van der Waals surface area contributed by atoms with E-state index in [0.717, 1.165) is 74.7 Å². The average molecular weight is 477 g/mol. The van der Waals surface area contributed by atoms with Gasteiger partial charge >= 0.3 is 11.9 Å². The second-order valence-corrected chi connectivity index (χ2v) is 7.86. The topological polar surface area (TPSA) is 159 Å². The lowest BCUT2D eigenvalue weighted by Gasteiger charge is -2.20. The molecule has 0 spiro atoms. The van der Waals surface area contributed by atoms with E-state index in [1.54, 1.807) is 0 Å². The van der Waals surface area contributed by atoms with E-state index in [1.165, 1.54) is 0 Å². The summed E-state index contributed by atoms with van der Waals surface area (Å²) < 4.78 is 10.4. The van der Waals surface area contributed by atoms with Crippen LogP contribution in [0.2, 0.25) is 0 Å². The number of likely N-dealkylation sites (N-methyl/N-ethyl adjacent to an activating group) is 2. The summed E-state index contributed by atoms with van der Waals surface area (Å²) >= 11 is 0.